The number of methoxy groups -OCH3 is 2. The molecular weight excluding hydrogens is 264 g/mol. The van der Waals surface area contributed by atoms with Gasteiger partial charge in [-0.3, -0.25) is 4.90 Å². The zero-order valence-corrected chi connectivity index (χ0v) is 13.6. The number of likely N-dealkylation sites (tertiary alicyclic amines) is 1. The minimum Gasteiger partial charge on any atom is -0.497 e. The van der Waals surface area contributed by atoms with Crippen LogP contribution >= 0.6 is 0 Å². The van der Waals surface area contributed by atoms with Crippen molar-refractivity contribution in [2.45, 2.75) is 38.5 Å². The van der Waals surface area contributed by atoms with Crippen molar-refractivity contribution < 1.29 is 9.47 Å². The van der Waals surface area contributed by atoms with Crippen LogP contribution in [0.4, 0.5) is 0 Å². The van der Waals surface area contributed by atoms with E-state index in [0.717, 1.165) is 31.8 Å². The van der Waals surface area contributed by atoms with Gasteiger partial charge in [-0.1, -0.05) is 19.1 Å². The minimum absolute atomic E-state index is 0.330. The number of nitrogens with zero attached hydrogens (tertiary/aromatic N) is 1. The Morgan fingerprint density at radius 3 is 2.52 bits per heavy atom. The average Bonchev–Trinajstić information content (AvgIpc) is 3.01. The Kier molecular flexibility index (Phi) is 6.03. The SMILES string of the molecule is CCNC(c1ccc(OC)cc1)C(C)N1CCC(OC)C1. The van der Waals surface area contributed by atoms with E-state index >= 15 is 0 Å². The Balaban J connectivity index is 2.09. The highest BCUT2D eigenvalue weighted by Crippen LogP contribution is 2.26. The Morgan fingerprint density at radius 2 is 2.00 bits per heavy atom. The van der Waals surface area contributed by atoms with Gasteiger partial charge in [0.2, 0.25) is 0 Å². The number of likely N-dealkylation sites (N-methyl/N-ethyl adjacent to an activating group) is 1. The molecule has 1 aliphatic heterocycles. The lowest BCUT2D eigenvalue weighted by Gasteiger charge is -2.32. The van der Waals surface area contributed by atoms with Crippen molar-refractivity contribution in [2.24, 2.45) is 0 Å². The Hall–Kier alpha value is -1.10. The number of nitrogens with one attached hydrogen (secondary N) is 1. The summed E-state index contributed by atoms with van der Waals surface area (Å²) in [5.74, 6) is 0.905. The molecule has 0 radical (unpaired) electrons. The largest absolute Gasteiger partial charge is 0.497 e. The average molecular weight is 292 g/mol. The molecule has 1 aliphatic rings. The van der Waals surface area contributed by atoms with Crippen LogP contribution in [-0.2, 0) is 4.74 Å². The van der Waals surface area contributed by atoms with E-state index in [1.54, 1.807) is 7.11 Å². The lowest BCUT2D eigenvalue weighted by molar-refractivity contribution is 0.0977. The van der Waals surface area contributed by atoms with Crippen molar-refractivity contribution in [2.75, 3.05) is 33.9 Å². The molecule has 4 nitrogen and oxygen atoms in total. The molecule has 1 heterocycles. The molecule has 1 aromatic carbocycles. The van der Waals surface area contributed by atoms with Crippen molar-refractivity contribution in [3.63, 3.8) is 0 Å². The molecule has 2 rings (SSSR count). The first-order valence-corrected chi connectivity index (χ1v) is 7.83. The number of rotatable bonds is 7. The Morgan fingerprint density at radius 1 is 1.29 bits per heavy atom. The third-order valence-electron chi connectivity index (χ3n) is 4.47. The third kappa shape index (κ3) is 3.96. The van der Waals surface area contributed by atoms with Gasteiger partial charge in [-0.2, -0.15) is 0 Å². The van der Waals surface area contributed by atoms with Crippen LogP contribution in [0.25, 0.3) is 0 Å². The molecule has 0 saturated carbocycles. The summed E-state index contributed by atoms with van der Waals surface area (Å²) in [5.41, 5.74) is 1.31. The van der Waals surface area contributed by atoms with Crippen LogP contribution in [0.2, 0.25) is 0 Å². The molecule has 1 fully saturated rings. The lowest BCUT2D eigenvalue weighted by atomic mass is 9.99. The Labute approximate surface area is 128 Å². The molecule has 1 aromatic rings. The van der Waals surface area contributed by atoms with Crippen LogP contribution in [0.3, 0.4) is 0 Å². The van der Waals surface area contributed by atoms with Crippen LogP contribution in [0, 0.1) is 0 Å². The minimum atomic E-state index is 0.330. The molecule has 0 amide bonds. The highest BCUT2D eigenvalue weighted by molar-refractivity contribution is 5.30. The first kappa shape index (κ1) is 16.3. The van der Waals surface area contributed by atoms with Crippen molar-refractivity contribution in [3.05, 3.63) is 29.8 Å². The molecule has 0 spiro atoms. The van der Waals surface area contributed by atoms with Gasteiger partial charge in [0, 0.05) is 32.3 Å². The van der Waals surface area contributed by atoms with Crippen LogP contribution in [0.1, 0.15) is 31.9 Å². The fraction of sp³-hybridized carbons (Fsp3) is 0.647. The normalized spacial score (nSPS) is 22.2. The van der Waals surface area contributed by atoms with E-state index in [9.17, 15) is 0 Å². The molecule has 21 heavy (non-hydrogen) atoms. The summed E-state index contributed by atoms with van der Waals surface area (Å²) in [7, 11) is 3.51. The fourth-order valence-corrected chi connectivity index (χ4v) is 3.13. The van der Waals surface area contributed by atoms with E-state index in [1.807, 2.05) is 19.2 Å². The summed E-state index contributed by atoms with van der Waals surface area (Å²) in [6.45, 7) is 7.55. The predicted octanol–water partition coefficient (Wildman–Crippen LogP) is 2.46. The lowest BCUT2D eigenvalue weighted by Crippen LogP contribution is -2.42. The van der Waals surface area contributed by atoms with Crippen molar-refractivity contribution >= 4 is 0 Å². The maximum absolute atomic E-state index is 5.49. The van der Waals surface area contributed by atoms with E-state index in [1.165, 1.54) is 5.56 Å². The van der Waals surface area contributed by atoms with E-state index in [0.29, 0.717) is 18.2 Å². The van der Waals surface area contributed by atoms with E-state index in [4.69, 9.17) is 9.47 Å². The van der Waals surface area contributed by atoms with Gasteiger partial charge in [0.05, 0.1) is 13.2 Å². The van der Waals surface area contributed by atoms with Crippen molar-refractivity contribution in [3.8, 4) is 5.75 Å². The summed E-state index contributed by atoms with van der Waals surface area (Å²) in [6, 6.07) is 9.16. The second-order valence-electron chi connectivity index (χ2n) is 5.69. The molecule has 1 N–H and O–H groups in total. The molecule has 1 saturated heterocycles. The molecule has 0 aromatic heterocycles. The van der Waals surface area contributed by atoms with E-state index in [2.05, 4.69) is 36.2 Å². The highest BCUT2D eigenvalue weighted by Gasteiger charge is 2.30. The zero-order chi connectivity index (χ0) is 15.2. The van der Waals surface area contributed by atoms with E-state index in [-0.39, 0.29) is 0 Å². The first-order valence-electron chi connectivity index (χ1n) is 7.83. The van der Waals surface area contributed by atoms with Crippen LogP contribution in [0.15, 0.2) is 24.3 Å². The van der Waals surface area contributed by atoms with Crippen molar-refractivity contribution in [1.29, 1.82) is 0 Å². The van der Waals surface area contributed by atoms with Gasteiger partial charge >= 0.3 is 0 Å². The van der Waals surface area contributed by atoms with Gasteiger partial charge < -0.3 is 14.8 Å². The predicted molar refractivity (Wildman–Crippen MR) is 85.9 cm³/mol. The van der Waals surface area contributed by atoms with Gasteiger partial charge in [0.1, 0.15) is 5.75 Å². The smallest absolute Gasteiger partial charge is 0.118 e. The highest BCUT2D eigenvalue weighted by atomic mass is 16.5. The molecular formula is C17H28N2O2. The molecule has 4 heteroatoms. The second kappa shape index (κ2) is 7.78. The van der Waals surface area contributed by atoms with Crippen LogP contribution in [-0.4, -0.2) is 50.9 Å². The van der Waals surface area contributed by atoms with Gasteiger partial charge in [0.15, 0.2) is 0 Å². The van der Waals surface area contributed by atoms with Crippen molar-refractivity contribution in [1.82, 2.24) is 10.2 Å². The maximum Gasteiger partial charge on any atom is 0.118 e. The van der Waals surface area contributed by atoms with E-state index < -0.39 is 0 Å². The van der Waals surface area contributed by atoms with Gasteiger partial charge in [-0.25, -0.2) is 0 Å². The second-order valence-corrected chi connectivity index (χ2v) is 5.69. The van der Waals surface area contributed by atoms with Gasteiger partial charge in [-0.15, -0.1) is 0 Å². The first-order chi connectivity index (χ1) is 10.2. The number of hydrogen-bond donors (Lipinski definition) is 1. The summed E-state index contributed by atoms with van der Waals surface area (Å²) < 4.78 is 10.7. The molecule has 0 aliphatic carbocycles. The number of ether oxygens (including phenoxy) is 2. The van der Waals surface area contributed by atoms with Gasteiger partial charge in [0.25, 0.3) is 0 Å². The third-order valence-corrected chi connectivity index (χ3v) is 4.47. The summed E-state index contributed by atoms with van der Waals surface area (Å²) in [6.07, 6.45) is 1.51. The standard InChI is InChI=1S/C17H28N2O2/c1-5-18-17(14-6-8-15(20-3)9-7-14)13(2)19-11-10-16(12-19)21-4/h6-9,13,16-18H,5,10-12H2,1-4H3. The molecule has 3 atom stereocenters. The topological polar surface area (TPSA) is 33.7 Å². The van der Waals surface area contributed by atoms with Gasteiger partial charge in [-0.05, 0) is 37.6 Å². The Bertz CT molecular complexity index is 421. The zero-order valence-electron chi connectivity index (χ0n) is 13.6. The summed E-state index contributed by atoms with van der Waals surface area (Å²) in [4.78, 5) is 2.52. The number of benzene rings is 1. The number of hydrogen-bond acceptors (Lipinski definition) is 4. The monoisotopic (exact) mass is 292 g/mol. The molecule has 0 bridgehead atoms. The summed E-state index contributed by atoms with van der Waals surface area (Å²) >= 11 is 0. The summed E-state index contributed by atoms with van der Waals surface area (Å²) in [5, 5.41) is 3.62. The molecule has 118 valence electrons. The van der Waals surface area contributed by atoms with Crippen LogP contribution < -0.4 is 10.1 Å². The fourth-order valence-electron chi connectivity index (χ4n) is 3.13. The van der Waals surface area contributed by atoms with Crippen LogP contribution in [0.5, 0.6) is 5.75 Å². The molecule has 3 unspecified atom stereocenters. The maximum atomic E-state index is 5.49. The quantitative estimate of drug-likeness (QED) is 0.837.